The normalized spacial score (nSPS) is 22.7. The molecule has 0 radical (unpaired) electrons. The van der Waals surface area contributed by atoms with Gasteiger partial charge in [0.2, 0.25) is 5.91 Å². The van der Waals surface area contributed by atoms with Gasteiger partial charge in [-0.1, -0.05) is 0 Å². The highest BCUT2D eigenvalue weighted by Crippen LogP contribution is 2.28. The Labute approximate surface area is 126 Å². The van der Waals surface area contributed by atoms with Crippen molar-refractivity contribution in [3.8, 4) is 0 Å². The molecule has 5 heteroatoms. The van der Waals surface area contributed by atoms with Gasteiger partial charge in [0.1, 0.15) is 11.6 Å². The molecule has 0 aromatic carbocycles. The van der Waals surface area contributed by atoms with E-state index < -0.39 is 0 Å². The Balaban J connectivity index is 1.82. The summed E-state index contributed by atoms with van der Waals surface area (Å²) in [6.45, 7) is 7.50. The van der Waals surface area contributed by atoms with E-state index >= 15 is 0 Å². The van der Waals surface area contributed by atoms with Crippen LogP contribution in [0.25, 0.3) is 0 Å². The van der Waals surface area contributed by atoms with Crippen molar-refractivity contribution in [2.24, 2.45) is 0 Å². The molecule has 1 aromatic rings. The Bertz CT molecular complexity index is 525. The lowest BCUT2D eigenvalue weighted by atomic mass is 9.94. The van der Waals surface area contributed by atoms with E-state index in [0.29, 0.717) is 5.92 Å². The highest BCUT2D eigenvalue weighted by atomic mass is 16.2. The SMILES string of the molecule is CC(=O)N1CCC[C@@H](c2cc(N3CCCC3)nc(C)n2)C1. The summed E-state index contributed by atoms with van der Waals surface area (Å²) in [6.07, 6.45) is 4.67. The van der Waals surface area contributed by atoms with Crippen LogP contribution in [0.3, 0.4) is 0 Å². The predicted octanol–water partition coefficient (Wildman–Crippen LogP) is 2.11. The molecule has 114 valence electrons. The van der Waals surface area contributed by atoms with E-state index in [0.717, 1.165) is 56.4 Å². The standard InChI is InChI=1S/C16H24N4O/c1-12-17-15(10-16(18-12)19-7-3-4-8-19)14-6-5-9-20(11-14)13(2)21/h10,14H,3-9,11H2,1-2H3/t14-/m1/s1. The van der Waals surface area contributed by atoms with Crippen LogP contribution >= 0.6 is 0 Å². The number of hydrogen-bond acceptors (Lipinski definition) is 4. The molecule has 21 heavy (non-hydrogen) atoms. The lowest BCUT2D eigenvalue weighted by Gasteiger charge is -2.32. The minimum atomic E-state index is 0.172. The van der Waals surface area contributed by atoms with Crippen molar-refractivity contribution in [3.63, 3.8) is 0 Å². The summed E-state index contributed by atoms with van der Waals surface area (Å²) < 4.78 is 0. The predicted molar refractivity (Wildman–Crippen MR) is 82.4 cm³/mol. The summed E-state index contributed by atoms with van der Waals surface area (Å²) in [6, 6.07) is 2.15. The first-order valence-corrected chi connectivity index (χ1v) is 7.99. The fraction of sp³-hybridized carbons (Fsp3) is 0.688. The minimum absolute atomic E-state index is 0.172. The molecule has 1 amide bonds. The molecule has 2 saturated heterocycles. The number of nitrogens with zero attached hydrogens (tertiary/aromatic N) is 4. The smallest absolute Gasteiger partial charge is 0.219 e. The Morgan fingerprint density at radius 1 is 1.19 bits per heavy atom. The molecular formula is C16H24N4O. The van der Waals surface area contributed by atoms with Gasteiger partial charge in [-0.15, -0.1) is 0 Å². The number of carbonyl (C=O) groups excluding carboxylic acids is 1. The number of aromatic nitrogens is 2. The van der Waals surface area contributed by atoms with Gasteiger partial charge in [0.25, 0.3) is 0 Å². The monoisotopic (exact) mass is 288 g/mol. The quantitative estimate of drug-likeness (QED) is 0.836. The largest absolute Gasteiger partial charge is 0.357 e. The molecular weight excluding hydrogens is 264 g/mol. The molecule has 3 rings (SSSR count). The first-order chi connectivity index (χ1) is 10.1. The molecule has 0 aliphatic carbocycles. The molecule has 0 spiro atoms. The van der Waals surface area contributed by atoms with Crippen molar-refractivity contribution in [3.05, 3.63) is 17.6 Å². The van der Waals surface area contributed by atoms with Crippen molar-refractivity contribution in [1.82, 2.24) is 14.9 Å². The summed E-state index contributed by atoms with van der Waals surface area (Å²) in [7, 11) is 0. The lowest BCUT2D eigenvalue weighted by Crippen LogP contribution is -2.38. The van der Waals surface area contributed by atoms with Gasteiger partial charge in [-0.2, -0.15) is 0 Å². The average Bonchev–Trinajstić information content (AvgIpc) is 3.01. The van der Waals surface area contributed by atoms with Crippen LogP contribution in [0.1, 0.15) is 50.0 Å². The van der Waals surface area contributed by atoms with E-state index in [1.807, 2.05) is 11.8 Å². The number of amides is 1. The first kappa shape index (κ1) is 14.3. The molecule has 1 atom stereocenters. The summed E-state index contributed by atoms with van der Waals surface area (Å²) in [4.78, 5) is 25.1. The van der Waals surface area contributed by atoms with Crippen LogP contribution < -0.4 is 4.90 Å². The zero-order chi connectivity index (χ0) is 14.8. The van der Waals surface area contributed by atoms with Gasteiger partial charge in [-0.3, -0.25) is 4.79 Å². The van der Waals surface area contributed by atoms with Gasteiger partial charge in [0.15, 0.2) is 0 Å². The lowest BCUT2D eigenvalue weighted by molar-refractivity contribution is -0.130. The van der Waals surface area contributed by atoms with Gasteiger partial charge < -0.3 is 9.80 Å². The number of hydrogen-bond donors (Lipinski definition) is 0. The number of anilines is 1. The molecule has 2 aliphatic rings. The van der Waals surface area contributed by atoms with E-state index in [9.17, 15) is 4.79 Å². The van der Waals surface area contributed by atoms with Gasteiger partial charge >= 0.3 is 0 Å². The van der Waals surface area contributed by atoms with Gasteiger partial charge in [0.05, 0.1) is 5.69 Å². The second-order valence-electron chi connectivity index (χ2n) is 6.20. The Morgan fingerprint density at radius 2 is 1.95 bits per heavy atom. The van der Waals surface area contributed by atoms with Crippen LogP contribution in [0, 0.1) is 6.92 Å². The zero-order valence-corrected chi connectivity index (χ0v) is 13.0. The van der Waals surface area contributed by atoms with Crippen molar-refractivity contribution in [2.45, 2.75) is 45.4 Å². The molecule has 0 unspecified atom stereocenters. The highest BCUT2D eigenvalue weighted by molar-refractivity contribution is 5.73. The van der Waals surface area contributed by atoms with E-state index in [1.165, 1.54) is 12.8 Å². The number of likely N-dealkylation sites (tertiary alicyclic amines) is 1. The number of rotatable bonds is 2. The van der Waals surface area contributed by atoms with Crippen LogP contribution in [0.4, 0.5) is 5.82 Å². The summed E-state index contributed by atoms with van der Waals surface area (Å²) in [5.74, 6) is 2.43. The molecule has 2 fully saturated rings. The second kappa shape index (κ2) is 6.00. The van der Waals surface area contributed by atoms with Crippen LogP contribution in [-0.4, -0.2) is 47.0 Å². The van der Waals surface area contributed by atoms with E-state index in [1.54, 1.807) is 6.92 Å². The highest BCUT2D eigenvalue weighted by Gasteiger charge is 2.25. The third-order valence-electron chi connectivity index (χ3n) is 4.56. The fourth-order valence-corrected chi connectivity index (χ4v) is 3.40. The Kier molecular flexibility index (Phi) is 4.08. The van der Waals surface area contributed by atoms with E-state index in [-0.39, 0.29) is 5.91 Å². The summed E-state index contributed by atoms with van der Waals surface area (Å²) >= 11 is 0. The molecule has 2 aliphatic heterocycles. The molecule has 0 saturated carbocycles. The van der Waals surface area contributed by atoms with Crippen molar-refractivity contribution in [1.29, 1.82) is 0 Å². The number of aryl methyl sites for hydroxylation is 1. The Hall–Kier alpha value is -1.65. The maximum absolute atomic E-state index is 11.6. The van der Waals surface area contributed by atoms with Crippen LogP contribution in [0.15, 0.2) is 6.07 Å². The molecule has 5 nitrogen and oxygen atoms in total. The van der Waals surface area contributed by atoms with Crippen LogP contribution in [0.2, 0.25) is 0 Å². The average molecular weight is 288 g/mol. The van der Waals surface area contributed by atoms with Gasteiger partial charge in [-0.25, -0.2) is 9.97 Å². The van der Waals surface area contributed by atoms with Crippen molar-refractivity contribution < 1.29 is 4.79 Å². The third kappa shape index (κ3) is 3.17. The minimum Gasteiger partial charge on any atom is -0.357 e. The van der Waals surface area contributed by atoms with Crippen LogP contribution in [-0.2, 0) is 4.79 Å². The second-order valence-corrected chi connectivity index (χ2v) is 6.20. The van der Waals surface area contributed by atoms with Crippen LogP contribution in [0.5, 0.6) is 0 Å². The summed E-state index contributed by atoms with van der Waals surface area (Å²) in [5, 5.41) is 0. The number of carbonyl (C=O) groups is 1. The van der Waals surface area contributed by atoms with Crippen molar-refractivity contribution >= 4 is 11.7 Å². The molecule has 0 N–H and O–H groups in total. The maximum atomic E-state index is 11.6. The summed E-state index contributed by atoms with van der Waals surface area (Å²) in [5.41, 5.74) is 1.11. The maximum Gasteiger partial charge on any atom is 0.219 e. The van der Waals surface area contributed by atoms with Gasteiger partial charge in [-0.05, 0) is 32.6 Å². The van der Waals surface area contributed by atoms with Gasteiger partial charge in [0, 0.05) is 45.1 Å². The fourth-order valence-electron chi connectivity index (χ4n) is 3.40. The first-order valence-electron chi connectivity index (χ1n) is 7.99. The molecule has 3 heterocycles. The topological polar surface area (TPSA) is 49.3 Å². The molecule has 0 bridgehead atoms. The molecule has 1 aromatic heterocycles. The van der Waals surface area contributed by atoms with E-state index in [2.05, 4.69) is 20.9 Å². The Morgan fingerprint density at radius 3 is 2.67 bits per heavy atom. The zero-order valence-electron chi connectivity index (χ0n) is 13.0. The van der Waals surface area contributed by atoms with E-state index in [4.69, 9.17) is 0 Å². The third-order valence-corrected chi connectivity index (χ3v) is 4.56. The number of piperidine rings is 1. The van der Waals surface area contributed by atoms with Crippen molar-refractivity contribution in [2.75, 3.05) is 31.1 Å².